The summed E-state index contributed by atoms with van der Waals surface area (Å²) in [5, 5.41) is 3.42. The molecular weight excluding hydrogens is 362 g/mol. The average molecular weight is 385 g/mol. The molecule has 1 atom stereocenters. The van der Waals surface area contributed by atoms with Gasteiger partial charge in [-0.2, -0.15) is 0 Å². The molecule has 2 aliphatic rings. The quantitative estimate of drug-likeness (QED) is 0.713. The first-order valence-electron chi connectivity index (χ1n) is 9.54. The summed E-state index contributed by atoms with van der Waals surface area (Å²) in [5.41, 5.74) is -0.613. The molecule has 148 valence electrons. The van der Waals surface area contributed by atoms with Crippen LogP contribution in [-0.2, 0) is 16.1 Å². The molecule has 2 amide bonds. The Bertz CT molecular complexity index is 1030. The number of nitrogens with one attached hydrogen (secondary N) is 2. The normalized spacial score (nSPS) is 20.6. The van der Waals surface area contributed by atoms with Crippen LogP contribution in [0.1, 0.15) is 12.8 Å². The Morgan fingerprint density at radius 3 is 2.79 bits per heavy atom. The Morgan fingerprint density at radius 2 is 1.96 bits per heavy atom. The highest BCUT2D eigenvalue weighted by atomic mass is 16.2. The van der Waals surface area contributed by atoms with Crippen LogP contribution >= 0.6 is 0 Å². The lowest BCUT2D eigenvalue weighted by atomic mass is 10.0. The van der Waals surface area contributed by atoms with Gasteiger partial charge in [0, 0.05) is 32.2 Å². The second-order valence-corrected chi connectivity index (χ2v) is 7.27. The fourth-order valence-corrected chi connectivity index (χ4v) is 4.02. The molecule has 2 aliphatic heterocycles. The number of para-hydroxylation sites is 1. The van der Waals surface area contributed by atoms with E-state index in [1.807, 2.05) is 4.90 Å². The number of nitrogens with zero attached hydrogens (tertiary/aromatic N) is 3. The van der Waals surface area contributed by atoms with Crippen molar-refractivity contribution in [3.05, 3.63) is 45.1 Å². The number of benzene rings is 1. The van der Waals surface area contributed by atoms with Gasteiger partial charge in [-0.1, -0.05) is 12.1 Å². The fourth-order valence-electron chi connectivity index (χ4n) is 4.02. The molecule has 4 rings (SSSR count). The van der Waals surface area contributed by atoms with Gasteiger partial charge in [-0.15, -0.1) is 0 Å². The number of aromatic nitrogens is 2. The number of fused-ring (bicyclic) bond motifs is 1. The molecule has 9 nitrogen and oxygen atoms in total. The number of piperidine rings is 1. The topological polar surface area (TPSA) is 108 Å². The molecule has 28 heavy (non-hydrogen) atoms. The maximum absolute atomic E-state index is 12.8. The van der Waals surface area contributed by atoms with Gasteiger partial charge in [-0.3, -0.25) is 19.0 Å². The summed E-state index contributed by atoms with van der Waals surface area (Å²) in [7, 11) is 0. The Morgan fingerprint density at radius 1 is 1.14 bits per heavy atom. The van der Waals surface area contributed by atoms with Gasteiger partial charge >= 0.3 is 5.69 Å². The van der Waals surface area contributed by atoms with Gasteiger partial charge in [0.15, 0.2) is 0 Å². The first-order valence-corrected chi connectivity index (χ1v) is 9.54. The predicted octanol–water partition coefficient (Wildman–Crippen LogP) is -0.887. The van der Waals surface area contributed by atoms with Crippen LogP contribution in [0.2, 0.25) is 0 Å². The molecule has 1 aromatic carbocycles. The Balaban J connectivity index is 1.52. The smallest absolute Gasteiger partial charge is 0.329 e. The summed E-state index contributed by atoms with van der Waals surface area (Å²) < 4.78 is 0.949. The molecular formula is C19H23N5O4. The number of piperazine rings is 1. The molecule has 2 N–H and O–H groups in total. The van der Waals surface area contributed by atoms with Gasteiger partial charge in [0.25, 0.3) is 5.56 Å². The number of H-pyrrole nitrogens is 1. The number of amides is 2. The van der Waals surface area contributed by atoms with Gasteiger partial charge in [-0.25, -0.2) is 4.79 Å². The van der Waals surface area contributed by atoms with Crippen molar-refractivity contribution >= 4 is 22.7 Å². The molecule has 2 aromatic rings. The fraction of sp³-hybridized carbons (Fsp3) is 0.474. The molecule has 0 saturated carbocycles. The zero-order valence-corrected chi connectivity index (χ0v) is 15.5. The van der Waals surface area contributed by atoms with E-state index in [4.69, 9.17) is 0 Å². The minimum Gasteiger partial charge on any atom is -0.339 e. The van der Waals surface area contributed by atoms with Crippen molar-refractivity contribution in [2.24, 2.45) is 0 Å². The first-order chi connectivity index (χ1) is 13.5. The first kappa shape index (κ1) is 18.4. The Hall–Kier alpha value is -2.94. The summed E-state index contributed by atoms with van der Waals surface area (Å²) in [6.07, 6.45) is 1.64. The van der Waals surface area contributed by atoms with E-state index in [1.54, 1.807) is 29.2 Å². The SMILES string of the molecule is O=C(Cn1c(=O)[nH]c2ccccc2c1=O)N1CCCC(N2CCNCC2=O)C1. The highest BCUT2D eigenvalue weighted by Crippen LogP contribution is 2.17. The minimum absolute atomic E-state index is 0.0149. The van der Waals surface area contributed by atoms with Crippen LogP contribution in [0.4, 0.5) is 0 Å². The van der Waals surface area contributed by atoms with Crippen molar-refractivity contribution in [2.45, 2.75) is 25.4 Å². The second kappa shape index (κ2) is 7.59. The van der Waals surface area contributed by atoms with E-state index in [0.29, 0.717) is 37.1 Å². The number of carbonyl (C=O) groups excluding carboxylic acids is 2. The maximum Gasteiger partial charge on any atom is 0.329 e. The van der Waals surface area contributed by atoms with Gasteiger partial charge < -0.3 is 20.1 Å². The van der Waals surface area contributed by atoms with Crippen LogP contribution < -0.4 is 16.6 Å². The van der Waals surface area contributed by atoms with Crippen molar-refractivity contribution in [1.82, 2.24) is 24.7 Å². The van der Waals surface area contributed by atoms with Crippen molar-refractivity contribution in [3.8, 4) is 0 Å². The monoisotopic (exact) mass is 385 g/mol. The molecule has 3 heterocycles. The molecule has 1 aromatic heterocycles. The van der Waals surface area contributed by atoms with E-state index in [-0.39, 0.29) is 24.4 Å². The van der Waals surface area contributed by atoms with E-state index >= 15 is 0 Å². The highest BCUT2D eigenvalue weighted by molar-refractivity contribution is 5.80. The lowest BCUT2D eigenvalue weighted by molar-refractivity contribution is -0.140. The molecule has 2 fully saturated rings. The Labute approximate surface area is 160 Å². The minimum atomic E-state index is -0.595. The highest BCUT2D eigenvalue weighted by Gasteiger charge is 2.31. The number of likely N-dealkylation sites (tertiary alicyclic amines) is 1. The predicted molar refractivity (Wildman–Crippen MR) is 103 cm³/mol. The maximum atomic E-state index is 12.8. The van der Waals surface area contributed by atoms with Crippen molar-refractivity contribution in [2.75, 3.05) is 32.7 Å². The molecule has 1 unspecified atom stereocenters. The number of carbonyl (C=O) groups is 2. The zero-order chi connectivity index (χ0) is 19.7. The zero-order valence-electron chi connectivity index (χ0n) is 15.5. The lowest BCUT2D eigenvalue weighted by Crippen LogP contribution is -2.58. The number of rotatable bonds is 3. The molecule has 0 bridgehead atoms. The van der Waals surface area contributed by atoms with E-state index in [9.17, 15) is 19.2 Å². The summed E-state index contributed by atoms with van der Waals surface area (Å²) >= 11 is 0. The van der Waals surface area contributed by atoms with E-state index in [1.165, 1.54) is 0 Å². The van der Waals surface area contributed by atoms with Gasteiger partial charge in [0.1, 0.15) is 6.54 Å². The largest absolute Gasteiger partial charge is 0.339 e. The van der Waals surface area contributed by atoms with E-state index < -0.39 is 11.2 Å². The Kier molecular flexibility index (Phi) is 4.99. The molecule has 0 aliphatic carbocycles. The number of hydrogen-bond donors (Lipinski definition) is 2. The molecule has 0 radical (unpaired) electrons. The van der Waals surface area contributed by atoms with E-state index in [2.05, 4.69) is 10.3 Å². The van der Waals surface area contributed by atoms with Crippen LogP contribution in [0.15, 0.2) is 33.9 Å². The summed E-state index contributed by atoms with van der Waals surface area (Å²) in [4.78, 5) is 56.0. The van der Waals surface area contributed by atoms with Crippen LogP contribution in [0.3, 0.4) is 0 Å². The molecule has 2 saturated heterocycles. The standard InChI is InChI=1S/C19H23N5O4/c25-16-10-20-7-9-23(16)13-4-3-8-22(11-13)17(26)12-24-18(27)14-5-1-2-6-15(14)21-19(24)28/h1-2,5-6,13,20H,3-4,7-12H2,(H,21,28). The van der Waals surface area contributed by atoms with Gasteiger partial charge in [-0.05, 0) is 25.0 Å². The van der Waals surface area contributed by atoms with Crippen LogP contribution in [0.25, 0.3) is 10.9 Å². The van der Waals surface area contributed by atoms with E-state index in [0.717, 1.165) is 24.0 Å². The van der Waals surface area contributed by atoms with Crippen LogP contribution in [0, 0.1) is 0 Å². The summed E-state index contributed by atoms with van der Waals surface area (Å²) in [5.74, 6) is -0.233. The molecule has 0 spiro atoms. The van der Waals surface area contributed by atoms with Crippen molar-refractivity contribution < 1.29 is 9.59 Å². The number of hydrogen-bond acceptors (Lipinski definition) is 5. The average Bonchev–Trinajstić information content (AvgIpc) is 2.71. The second-order valence-electron chi connectivity index (χ2n) is 7.27. The third-order valence-corrected chi connectivity index (χ3v) is 5.50. The van der Waals surface area contributed by atoms with Gasteiger partial charge in [0.05, 0.1) is 17.4 Å². The van der Waals surface area contributed by atoms with Gasteiger partial charge in [0.2, 0.25) is 11.8 Å². The summed E-state index contributed by atoms with van der Waals surface area (Å²) in [6.45, 7) is 2.40. The molecule has 9 heteroatoms. The number of aromatic amines is 1. The third-order valence-electron chi connectivity index (χ3n) is 5.50. The van der Waals surface area contributed by atoms with Crippen molar-refractivity contribution in [1.29, 1.82) is 0 Å². The third kappa shape index (κ3) is 3.45. The van der Waals surface area contributed by atoms with Crippen LogP contribution in [-0.4, -0.2) is 69.9 Å². The van der Waals surface area contributed by atoms with Crippen molar-refractivity contribution in [3.63, 3.8) is 0 Å². The lowest BCUT2D eigenvalue weighted by Gasteiger charge is -2.41. The summed E-state index contributed by atoms with van der Waals surface area (Å²) in [6, 6.07) is 6.72. The van der Waals surface area contributed by atoms with Crippen LogP contribution in [0.5, 0.6) is 0 Å².